The summed E-state index contributed by atoms with van der Waals surface area (Å²) in [4.78, 5) is 0. The Balaban J connectivity index is 2.35. The third-order valence-corrected chi connectivity index (χ3v) is 2.63. The first kappa shape index (κ1) is 14.0. The van der Waals surface area contributed by atoms with Gasteiger partial charge in [-0.3, -0.25) is 0 Å². The molecule has 0 aliphatic carbocycles. The average molecular weight is 237 g/mol. The Hall–Kier alpha value is -1.06. The average Bonchev–Trinajstić information content (AvgIpc) is 2.35. The fourth-order valence-electron chi connectivity index (χ4n) is 1.63. The zero-order valence-electron chi connectivity index (χ0n) is 10.9. The summed E-state index contributed by atoms with van der Waals surface area (Å²) in [5.74, 6) is 0.911. The van der Waals surface area contributed by atoms with E-state index in [1.807, 2.05) is 25.1 Å². The van der Waals surface area contributed by atoms with Crippen molar-refractivity contribution in [3.05, 3.63) is 29.3 Å². The SMILES string of the molecule is CCCCOCCOc1c(C)cccc1CN. The summed E-state index contributed by atoms with van der Waals surface area (Å²) in [5, 5.41) is 0. The summed E-state index contributed by atoms with van der Waals surface area (Å²) < 4.78 is 11.2. The van der Waals surface area contributed by atoms with Gasteiger partial charge < -0.3 is 15.2 Å². The van der Waals surface area contributed by atoms with Crippen molar-refractivity contribution in [3.8, 4) is 5.75 Å². The van der Waals surface area contributed by atoms with Crippen molar-refractivity contribution in [3.63, 3.8) is 0 Å². The lowest BCUT2D eigenvalue weighted by Crippen LogP contribution is -2.10. The maximum atomic E-state index is 5.73. The maximum Gasteiger partial charge on any atom is 0.126 e. The summed E-state index contributed by atoms with van der Waals surface area (Å²) in [7, 11) is 0. The molecule has 0 heterocycles. The van der Waals surface area contributed by atoms with Crippen molar-refractivity contribution in [1.82, 2.24) is 0 Å². The Labute approximate surface area is 104 Å². The summed E-state index contributed by atoms with van der Waals surface area (Å²) >= 11 is 0. The molecule has 96 valence electrons. The number of para-hydroxylation sites is 1. The molecule has 0 saturated carbocycles. The van der Waals surface area contributed by atoms with Gasteiger partial charge in [0.1, 0.15) is 12.4 Å². The summed E-state index contributed by atoms with van der Waals surface area (Å²) in [6.45, 7) is 6.73. The quantitative estimate of drug-likeness (QED) is 0.707. The van der Waals surface area contributed by atoms with Crippen molar-refractivity contribution < 1.29 is 9.47 Å². The lowest BCUT2D eigenvalue weighted by Gasteiger charge is -2.13. The number of aryl methyl sites for hydroxylation is 1. The number of nitrogens with two attached hydrogens (primary N) is 1. The number of hydrogen-bond acceptors (Lipinski definition) is 3. The predicted molar refractivity (Wildman–Crippen MR) is 70.3 cm³/mol. The molecule has 17 heavy (non-hydrogen) atoms. The standard InChI is InChI=1S/C14H23NO2/c1-3-4-8-16-9-10-17-14-12(2)6-5-7-13(14)11-15/h5-7H,3-4,8-11,15H2,1-2H3. The van der Waals surface area contributed by atoms with E-state index < -0.39 is 0 Å². The molecule has 1 aromatic rings. The minimum absolute atomic E-state index is 0.508. The second-order valence-electron chi connectivity index (χ2n) is 4.08. The van der Waals surface area contributed by atoms with Gasteiger partial charge in [-0.05, 0) is 18.9 Å². The molecule has 0 amide bonds. The van der Waals surface area contributed by atoms with E-state index in [-0.39, 0.29) is 0 Å². The van der Waals surface area contributed by atoms with Crippen LogP contribution >= 0.6 is 0 Å². The molecule has 0 aliphatic heterocycles. The third kappa shape index (κ3) is 4.75. The number of rotatable bonds is 8. The smallest absolute Gasteiger partial charge is 0.126 e. The number of unbranched alkanes of at least 4 members (excludes halogenated alkanes) is 1. The third-order valence-electron chi connectivity index (χ3n) is 2.63. The van der Waals surface area contributed by atoms with Crippen LogP contribution in [0.4, 0.5) is 0 Å². The highest BCUT2D eigenvalue weighted by Crippen LogP contribution is 2.22. The summed E-state index contributed by atoms with van der Waals surface area (Å²) in [6, 6.07) is 6.04. The molecule has 0 aliphatic rings. The summed E-state index contributed by atoms with van der Waals surface area (Å²) in [5.41, 5.74) is 7.86. The van der Waals surface area contributed by atoms with Gasteiger partial charge in [0.05, 0.1) is 6.61 Å². The molecule has 3 heteroatoms. The van der Waals surface area contributed by atoms with E-state index in [4.69, 9.17) is 15.2 Å². The normalized spacial score (nSPS) is 10.5. The van der Waals surface area contributed by atoms with Crippen molar-refractivity contribution in [2.24, 2.45) is 5.73 Å². The van der Waals surface area contributed by atoms with Gasteiger partial charge >= 0.3 is 0 Å². The van der Waals surface area contributed by atoms with Gasteiger partial charge in [0.2, 0.25) is 0 Å². The predicted octanol–water partition coefficient (Wildman–Crippen LogP) is 2.65. The molecule has 0 spiro atoms. The van der Waals surface area contributed by atoms with Crippen molar-refractivity contribution >= 4 is 0 Å². The van der Waals surface area contributed by atoms with E-state index >= 15 is 0 Å². The van der Waals surface area contributed by atoms with E-state index in [2.05, 4.69) is 6.92 Å². The van der Waals surface area contributed by atoms with Crippen LogP contribution in [-0.2, 0) is 11.3 Å². The van der Waals surface area contributed by atoms with Crippen LogP contribution in [0, 0.1) is 6.92 Å². The molecule has 0 saturated heterocycles. The second-order valence-corrected chi connectivity index (χ2v) is 4.08. The van der Waals surface area contributed by atoms with Crippen molar-refractivity contribution in [1.29, 1.82) is 0 Å². The number of hydrogen-bond donors (Lipinski definition) is 1. The Morgan fingerprint density at radius 3 is 2.71 bits per heavy atom. The fraction of sp³-hybridized carbons (Fsp3) is 0.571. The first-order chi connectivity index (χ1) is 8.29. The molecule has 2 N–H and O–H groups in total. The van der Waals surface area contributed by atoms with Crippen LogP contribution in [0.3, 0.4) is 0 Å². The molecular weight excluding hydrogens is 214 g/mol. The Bertz CT molecular complexity index is 326. The highest BCUT2D eigenvalue weighted by Gasteiger charge is 2.04. The van der Waals surface area contributed by atoms with Crippen LogP contribution in [0.15, 0.2) is 18.2 Å². The molecule has 0 unspecified atom stereocenters. The van der Waals surface area contributed by atoms with Crippen LogP contribution in [0.5, 0.6) is 5.75 Å². The molecule has 1 aromatic carbocycles. The zero-order valence-corrected chi connectivity index (χ0v) is 10.9. The van der Waals surface area contributed by atoms with E-state index in [9.17, 15) is 0 Å². The van der Waals surface area contributed by atoms with Crippen molar-refractivity contribution in [2.45, 2.75) is 33.2 Å². The molecule has 3 nitrogen and oxygen atoms in total. The highest BCUT2D eigenvalue weighted by molar-refractivity contribution is 5.40. The minimum atomic E-state index is 0.508. The fourth-order valence-corrected chi connectivity index (χ4v) is 1.63. The van der Waals surface area contributed by atoms with Gasteiger partial charge in [0.15, 0.2) is 0 Å². The van der Waals surface area contributed by atoms with Gasteiger partial charge in [-0.1, -0.05) is 31.5 Å². The highest BCUT2D eigenvalue weighted by atomic mass is 16.5. The van der Waals surface area contributed by atoms with Crippen LogP contribution in [-0.4, -0.2) is 19.8 Å². The van der Waals surface area contributed by atoms with E-state index in [1.165, 1.54) is 0 Å². The summed E-state index contributed by atoms with van der Waals surface area (Å²) in [6.07, 6.45) is 2.27. The molecular formula is C14H23NO2. The molecule has 0 fully saturated rings. The molecule has 1 rings (SSSR count). The van der Waals surface area contributed by atoms with Gasteiger partial charge in [0, 0.05) is 18.7 Å². The van der Waals surface area contributed by atoms with E-state index in [0.29, 0.717) is 19.8 Å². The maximum absolute atomic E-state index is 5.73. The molecule has 0 aromatic heterocycles. The van der Waals surface area contributed by atoms with Gasteiger partial charge in [-0.2, -0.15) is 0 Å². The van der Waals surface area contributed by atoms with E-state index in [1.54, 1.807) is 0 Å². The molecule has 0 bridgehead atoms. The first-order valence-electron chi connectivity index (χ1n) is 6.28. The Morgan fingerprint density at radius 1 is 1.18 bits per heavy atom. The monoisotopic (exact) mass is 237 g/mol. The topological polar surface area (TPSA) is 44.5 Å². The lowest BCUT2D eigenvalue weighted by atomic mass is 10.1. The first-order valence-corrected chi connectivity index (χ1v) is 6.28. The van der Waals surface area contributed by atoms with Crippen molar-refractivity contribution in [2.75, 3.05) is 19.8 Å². The number of benzene rings is 1. The molecule has 0 atom stereocenters. The minimum Gasteiger partial charge on any atom is -0.491 e. The van der Waals surface area contributed by atoms with Crippen LogP contribution in [0.1, 0.15) is 30.9 Å². The largest absolute Gasteiger partial charge is 0.491 e. The van der Waals surface area contributed by atoms with Crippen LogP contribution in [0.2, 0.25) is 0 Å². The zero-order chi connectivity index (χ0) is 12.5. The van der Waals surface area contributed by atoms with E-state index in [0.717, 1.165) is 36.3 Å². The van der Waals surface area contributed by atoms with Gasteiger partial charge in [-0.25, -0.2) is 0 Å². The molecule has 0 radical (unpaired) electrons. The second kappa shape index (κ2) is 8.09. The Kier molecular flexibility index (Phi) is 6.67. The van der Waals surface area contributed by atoms with Gasteiger partial charge in [0.25, 0.3) is 0 Å². The van der Waals surface area contributed by atoms with Gasteiger partial charge in [-0.15, -0.1) is 0 Å². The van der Waals surface area contributed by atoms with Crippen LogP contribution in [0.25, 0.3) is 0 Å². The lowest BCUT2D eigenvalue weighted by molar-refractivity contribution is 0.0975. The van der Waals surface area contributed by atoms with Crippen LogP contribution < -0.4 is 10.5 Å². The number of ether oxygens (including phenoxy) is 2. The Morgan fingerprint density at radius 2 is 2.00 bits per heavy atom.